The number of hydrogen-bond donors (Lipinski definition) is 3. The third-order valence-corrected chi connectivity index (χ3v) is 2.37. The number of carbonyl (C=O) groups excluding carboxylic acids is 2. The van der Waals surface area contributed by atoms with Gasteiger partial charge in [0.25, 0.3) is 0 Å². The lowest BCUT2D eigenvalue weighted by Gasteiger charge is -2.35. The fourth-order valence-corrected chi connectivity index (χ4v) is 1.73. The first-order valence-corrected chi connectivity index (χ1v) is 4.09. The Balaban J connectivity index is 2.11. The number of urea groups is 1. The van der Waals surface area contributed by atoms with Crippen LogP contribution in [0.4, 0.5) is 4.79 Å². The highest BCUT2D eigenvalue weighted by Gasteiger charge is 2.36. The molecule has 5 heteroatoms. The number of imide groups is 1. The van der Waals surface area contributed by atoms with Crippen LogP contribution < -0.4 is 16.0 Å². The number of carbonyl (C=O) groups is 2. The molecule has 66 valence electrons. The van der Waals surface area contributed by atoms with E-state index in [2.05, 4.69) is 16.0 Å². The van der Waals surface area contributed by atoms with E-state index in [0.29, 0.717) is 6.54 Å². The minimum Gasteiger partial charge on any atom is -0.333 e. The Labute approximate surface area is 69.9 Å². The van der Waals surface area contributed by atoms with Crippen LogP contribution in [0.2, 0.25) is 0 Å². The SMILES string of the molecule is O=C1NC(=O)C2CCNCC2N1. The van der Waals surface area contributed by atoms with Crippen LogP contribution in [-0.2, 0) is 4.79 Å². The molecule has 0 spiro atoms. The minimum absolute atomic E-state index is 0.0139. The second-order valence-corrected chi connectivity index (χ2v) is 3.17. The van der Waals surface area contributed by atoms with Crippen LogP contribution in [0.1, 0.15) is 6.42 Å². The Bertz CT molecular complexity index is 229. The molecule has 0 radical (unpaired) electrons. The van der Waals surface area contributed by atoms with Crippen molar-refractivity contribution >= 4 is 11.9 Å². The second kappa shape index (κ2) is 2.75. The van der Waals surface area contributed by atoms with Gasteiger partial charge < -0.3 is 10.6 Å². The monoisotopic (exact) mass is 169 g/mol. The molecule has 0 aromatic carbocycles. The number of rotatable bonds is 0. The number of piperidine rings is 1. The first-order valence-electron chi connectivity index (χ1n) is 4.09. The van der Waals surface area contributed by atoms with Gasteiger partial charge in [-0.05, 0) is 13.0 Å². The standard InChI is InChI=1S/C7H11N3O2/c11-6-4-1-2-8-3-5(4)9-7(12)10-6/h4-5,8H,1-3H2,(H2,9,10,11,12). The quantitative estimate of drug-likeness (QED) is 0.427. The van der Waals surface area contributed by atoms with Gasteiger partial charge in [0, 0.05) is 6.54 Å². The van der Waals surface area contributed by atoms with Crippen molar-refractivity contribution in [1.29, 1.82) is 0 Å². The Kier molecular flexibility index (Phi) is 1.73. The van der Waals surface area contributed by atoms with Crippen molar-refractivity contribution < 1.29 is 9.59 Å². The van der Waals surface area contributed by atoms with E-state index in [1.807, 2.05) is 0 Å². The van der Waals surface area contributed by atoms with Gasteiger partial charge in [-0.15, -0.1) is 0 Å². The Hall–Kier alpha value is -1.10. The zero-order valence-electron chi connectivity index (χ0n) is 6.59. The highest BCUT2D eigenvalue weighted by Crippen LogP contribution is 2.15. The lowest BCUT2D eigenvalue weighted by Crippen LogP contribution is -2.63. The molecule has 2 aliphatic rings. The van der Waals surface area contributed by atoms with Gasteiger partial charge in [-0.25, -0.2) is 4.79 Å². The average Bonchev–Trinajstić information content (AvgIpc) is 2.04. The van der Waals surface area contributed by atoms with Crippen LogP contribution in [0, 0.1) is 5.92 Å². The lowest BCUT2D eigenvalue weighted by molar-refractivity contribution is -0.126. The molecule has 0 aromatic heterocycles. The highest BCUT2D eigenvalue weighted by molar-refractivity contribution is 5.98. The first kappa shape index (κ1) is 7.54. The molecule has 2 heterocycles. The van der Waals surface area contributed by atoms with Crippen molar-refractivity contribution in [3.63, 3.8) is 0 Å². The molecular weight excluding hydrogens is 158 g/mol. The van der Waals surface area contributed by atoms with Crippen LogP contribution in [0.5, 0.6) is 0 Å². The molecule has 0 saturated carbocycles. The number of amides is 3. The molecule has 2 saturated heterocycles. The van der Waals surface area contributed by atoms with Gasteiger partial charge in [0.2, 0.25) is 5.91 Å². The van der Waals surface area contributed by atoms with E-state index in [1.165, 1.54) is 0 Å². The minimum atomic E-state index is -0.370. The molecule has 2 atom stereocenters. The maximum atomic E-state index is 11.2. The number of fused-ring (bicyclic) bond motifs is 1. The summed E-state index contributed by atoms with van der Waals surface area (Å²) in [6.07, 6.45) is 0.802. The molecule has 2 unspecified atom stereocenters. The third kappa shape index (κ3) is 1.16. The van der Waals surface area contributed by atoms with E-state index in [-0.39, 0.29) is 23.9 Å². The predicted molar refractivity (Wildman–Crippen MR) is 41.4 cm³/mol. The first-order chi connectivity index (χ1) is 5.77. The van der Waals surface area contributed by atoms with Crippen LogP contribution in [-0.4, -0.2) is 31.1 Å². The fourth-order valence-electron chi connectivity index (χ4n) is 1.73. The van der Waals surface area contributed by atoms with E-state index >= 15 is 0 Å². The molecule has 0 bridgehead atoms. The van der Waals surface area contributed by atoms with Crippen molar-refractivity contribution in [3.8, 4) is 0 Å². The lowest BCUT2D eigenvalue weighted by atomic mass is 9.90. The maximum absolute atomic E-state index is 11.2. The van der Waals surface area contributed by atoms with Crippen LogP contribution in [0.15, 0.2) is 0 Å². The summed E-state index contributed by atoms with van der Waals surface area (Å²) in [5, 5.41) is 8.11. The summed E-state index contributed by atoms with van der Waals surface area (Å²) in [6.45, 7) is 1.55. The van der Waals surface area contributed by atoms with E-state index in [9.17, 15) is 9.59 Å². The second-order valence-electron chi connectivity index (χ2n) is 3.17. The van der Waals surface area contributed by atoms with Gasteiger partial charge >= 0.3 is 6.03 Å². The van der Waals surface area contributed by atoms with Gasteiger partial charge in [0.15, 0.2) is 0 Å². The van der Waals surface area contributed by atoms with Crippen LogP contribution in [0.3, 0.4) is 0 Å². The van der Waals surface area contributed by atoms with Gasteiger partial charge in [-0.1, -0.05) is 0 Å². The summed E-state index contributed by atoms with van der Waals surface area (Å²) >= 11 is 0. The van der Waals surface area contributed by atoms with E-state index in [0.717, 1.165) is 13.0 Å². The summed E-state index contributed by atoms with van der Waals surface area (Å²) in [7, 11) is 0. The normalized spacial score (nSPS) is 35.0. The van der Waals surface area contributed by atoms with E-state index in [1.54, 1.807) is 0 Å². The van der Waals surface area contributed by atoms with Gasteiger partial charge in [-0.2, -0.15) is 0 Å². The molecule has 2 rings (SSSR count). The number of nitrogens with one attached hydrogen (secondary N) is 3. The fraction of sp³-hybridized carbons (Fsp3) is 0.714. The summed E-state index contributed by atoms with van der Waals surface area (Å²) in [5.41, 5.74) is 0. The smallest absolute Gasteiger partial charge is 0.321 e. The van der Waals surface area contributed by atoms with Gasteiger partial charge in [-0.3, -0.25) is 10.1 Å². The van der Waals surface area contributed by atoms with Gasteiger partial charge in [0.1, 0.15) is 0 Å². The summed E-state index contributed by atoms with van der Waals surface area (Å²) in [6, 6.07) is -0.384. The Morgan fingerprint density at radius 1 is 1.33 bits per heavy atom. The highest BCUT2D eigenvalue weighted by atomic mass is 16.2. The molecular formula is C7H11N3O2. The predicted octanol–water partition coefficient (Wildman–Crippen LogP) is -1.20. The molecule has 5 nitrogen and oxygen atoms in total. The molecule has 2 aliphatic heterocycles. The van der Waals surface area contributed by atoms with Crippen LogP contribution >= 0.6 is 0 Å². The average molecular weight is 169 g/mol. The van der Waals surface area contributed by atoms with Crippen molar-refractivity contribution in [1.82, 2.24) is 16.0 Å². The molecule has 12 heavy (non-hydrogen) atoms. The Morgan fingerprint density at radius 3 is 3.00 bits per heavy atom. The molecule has 3 amide bonds. The Morgan fingerprint density at radius 2 is 2.17 bits per heavy atom. The van der Waals surface area contributed by atoms with Crippen molar-refractivity contribution in [2.75, 3.05) is 13.1 Å². The molecule has 3 N–H and O–H groups in total. The van der Waals surface area contributed by atoms with Crippen molar-refractivity contribution in [2.24, 2.45) is 5.92 Å². The largest absolute Gasteiger partial charge is 0.333 e. The van der Waals surface area contributed by atoms with Crippen molar-refractivity contribution in [2.45, 2.75) is 12.5 Å². The van der Waals surface area contributed by atoms with E-state index in [4.69, 9.17) is 0 Å². The third-order valence-electron chi connectivity index (χ3n) is 2.37. The molecule has 0 aliphatic carbocycles. The zero-order valence-corrected chi connectivity index (χ0v) is 6.59. The topological polar surface area (TPSA) is 70.2 Å². The number of hydrogen-bond acceptors (Lipinski definition) is 3. The van der Waals surface area contributed by atoms with Crippen molar-refractivity contribution in [3.05, 3.63) is 0 Å². The molecule has 0 aromatic rings. The zero-order chi connectivity index (χ0) is 8.55. The summed E-state index contributed by atoms with van der Waals surface area (Å²) < 4.78 is 0. The maximum Gasteiger partial charge on any atom is 0.321 e. The van der Waals surface area contributed by atoms with Gasteiger partial charge in [0.05, 0.1) is 12.0 Å². The van der Waals surface area contributed by atoms with Crippen LogP contribution in [0.25, 0.3) is 0 Å². The van der Waals surface area contributed by atoms with E-state index < -0.39 is 0 Å². The summed E-state index contributed by atoms with van der Waals surface area (Å²) in [5.74, 6) is -0.172. The molecule has 2 fully saturated rings. The summed E-state index contributed by atoms with van der Waals surface area (Å²) in [4.78, 5) is 22.1.